The molecule has 4 nitrogen and oxygen atoms in total. The minimum Gasteiger partial charge on any atom is -0.366 e. The van der Waals surface area contributed by atoms with Gasteiger partial charge in [0.15, 0.2) is 5.17 Å². The van der Waals surface area contributed by atoms with Crippen LogP contribution in [0.4, 0.5) is 10.1 Å². The number of fused-ring (bicyclic) bond motifs is 2. The van der Waals surface area contributed by atoms with E-state index in [4.69, 9.17) is 0 Å². The molecule has 4 aromatic carbocycles. The highest BCUT2D eigenvalue weighted by Gasteiger charge is 2.29. The second-order valence-electron chi connectivity index (χ2n) is 8.47. The molecule has 4 aromatic rings. The van der Waals surface area contributed by atoms with Crippen molar-refractivity contribution in [1.82, 2.24) is 4.90 Å². The van der Waals surface area contributed by atoms with Gasteiger partial charge < -0.3 is 9.80 Å². The Morgan fingerprint density at radius 2 is 1.38 bits per heavy atom. The van der Waals surface area contributed by atoms with Crippen molar-refractivity contribution in [2.75, 3.05) is 31.1 Å². The van der Waals surface area contributed by atoms with Gasteiger partial charge in [-0.3, -0.25) is 4.79 Å². The summed E-state index contributed by atoms with van der Waals surface area (Å²) >= 11 is 1.43. The second-order valence-corrected chi connectivity index (χ2v) is 9.48. The van der Waals surface area contributed by atoms with E-state index in [1.807, 2.05) is 47.4 Å². The molecule has 1 saturated heterocycles. The Bertz CT molecular complexity index is 1430. The smallest absolute Gasteiger partial charge is 0.286 e. The molecule has 2 aliphatic heterocycles. The van der Waals surface area contributed by atoms with Gasteiger partial charge in [-0.15, -0.1) is 0 Å². The summed E-state index contributed by atoms with van der Waals surface area (Å²) in [5.41, 5.74) is 1.67. The normalized spacial score (nSPS) is 17.7. The highest BCUT2D eigenvalue weighted by molar-refractivity contribution is 8.18. The van der Waals surface area contributed by atoms with E-state index in [1.54, 1.807) is 6.07 Å². The lowest BCUT2D eigenvalue weighted by Crippen LogP contribution is -2.48. The minimum absolute atomic E-state index is 0.200. The molecule has 0 saturated carbocycles. The molecule has 0 unspecified atom stereocenters. The average Bonchev–Trinajstić information content (AvgIpc) is 3.24. The monoisotopic (exact) mass is 467 g/mol. The van der Waals surface area contributed by atoms with Gasteiger partial charge in [0.05, 0.1) is 10.6 Å². The van der Waals surface area contributed by atoms with Crippen molar-refractivity contribution < 1.29 is 9.18 Å². The third kappa shape index (κ3) is 3.74. The number of benzene rings is 4. The third-order valence-electron chi connectivity index (χ3n) is 6.44. The summed E-state index contributed by atoms with van der Waals surface area (Å²) in [7, 11) is 0. The van der Waals surface area contributed by atoms with Crippen LogP contribution < -0.4 is 4.90 Å². The van der Waals surface area contributed by atoms with E-state index >= 15 is 0 Å². The lowest BCUT2D eigenvalue weighted by atomic mass is 9.96. The SMILES string of the molecule is O=C1N=C(N2CCN(c3ccccc3F)CC2)S/C1=C\c1c2ccccc2cc2ccccc12. The van der Waals surface area contributed by atoms with Crippen molar-refractivity contribution in [3.05, 3.63) is 95.1 Å². The number of carbonyl (C=O) groups excluding carboxylic acids is 1. The van der Waals surface area contributed by atoms with Crippen LogP contribution in [0.15, 0.2) is 88.8 Å². The minimum atomic E-state index is -0.203. The Morgan fingerprint density at radius 1 is 0.794 bits per heavy atom. The van der Waals surface area contributed by atoms with Gasteiger partial charge in [-0.05, 0) is 63.1 Å². The van der Waals surface area contributed by atoms with E-state index < -0.39 is 0 Å². The summed E-state index contributed by atoms with van der Waals surface area (Å²) in [5, 5.41) is 5.26. The zero-order valence-electron chi connectivity index (χ0n) is 18.4. The summed E-state index contributed by atoms with van der Waals surface area (Å²) in [6.45, 7) is 2.75. The lowest BCUT2D eigenvalue weighted by molar-refractivity contribution is -0.113. The molecule has 0 N–H and O–H groups in total. The van der Waals surface area contributed by atoms with Gasteiger partial charge in [0, 0.05) is 26.2 Å². The van der Waals surface area contributed by atoms with Gasteiger partial charge >= 0.3 is 0 Å². The largest absolute Gasteiger partial charge is 0.366 e. The van der Waals surface area contributed by atoms with Crippen molar-refractivity contribution in [1.29, 1.82) is 0 Å². The van der Waals surface area contributed by atoms with E-state index in [2.05, 4.69) is 40.2 Å². The molecule has 0 aliphatic carbocycles. The van der Waals surface area contributed by atoms with E-state index in [0.717, 1.165) is 32.3 Å². The molecular formula is C28H22FN3OS. The maximum Gasteiger partial charge on any atom is 0.286 e. The van der Waals surface area contributed by atoms with Crippen LogP contribution in [0.25, 0.3) is 27.6 Å². The number of piperazine rings is 1. The zero-order chi connectivity index (χ0) is 23.1. The highest BCUT2D eigenvalue weighted by Crippen LogP contribution is 2.35. The molecule has 34 heavy (non-hydrogen) atoms. The second kappa shape index (κ2) is 8.61. The van der Waals surface area contributed by atoms with Crippen LogP contribution in [-0.2, 0) is 4.79 Å². The average molecular weight is 468 g/mol. The molecule has 0 spiro atoms. The Balaban J connectivity index is 1.26. The standard InChI is InChI=1S/C28H22FN3OS/c29-24-11-5-6-12-25(24)31-13-15-32(16-14-31)28-30-27(33)26(34-28)18-23-21-9-3-1-7-19(21)17-20-8-2-4-10-22(20)23/h1-12,17-18H,13-16H2/b26-18-. The number of thioether (sulfide) groups is 1. The van der Waals surface area contributed by atoms with E-state index in [0.29, 0.717) is 36.8 Å². The number of para-hydroxylation sites is 1. The fourth-order valence-electron chi connectivity index (χ4n) is 4.72. The molecule has 6 rings (SSSR count). The molecule has 0 aromatic heterocycles. The molecule has 1 amide bonds. The number of anilines is 1. The highest BCUT2D eigenvalue weighted by atomic mass is 32.2. The molecule has 2 aliphatic rings. The number of amides is 1. The van der Waals surface area contributed by atoms with Crippen molar-refractivity contribution >= 4 is 56.1 Å². The maximum atomic E-state index is 14.2. The summed E-state index contributed by atoms with van der Waals surface area (Å²) in [6, 6.07) is 25.6. The van der Waals surface area contributed by atoms with Gasteiger partial charge in [0.1, 0.15) is 5.82 Å². The zero-order valence-corrected chi connectivity index (χ0v) is 19.3. The van der Waals surface area contributed by atoms with E-state index in [-0.39, 0.29) is 11.7 Å². The first-order chi connectivity index (χ1) is 16.7. The molecule has 0 radical (unpaired) electrons. The van der Waals surface area contributed by atoms with Crippen molar-refractivity contribution in [3.8, 4) is 0 Å². The van der Waals surface area contributed by atoms with Gasteiger partial charge in [0.2, 0.25) is 0 Å². The number of amidine groups is 1. The van der Waals surface area contributed by atoms with Crippen LogP contribution in [0.1, 0.15) is 5.56 Å². The molecule has 2 heterocycles. The van der Waals surface area contributed by atoms with Crippen molar-refractivity contribution in [2.45, 2.75) is 0 Å². The fraction of sp³-hybridized carbons (Fsp3) is 0.143. The van der Waals surface area contributed by atoms with Crippen molar-refractivity contribution in [3.63, 3.8) is 0 Å². The summed E-state index contributed by atoms with van der Waals surface area (Å²) < 4.78 is 14.2. The number of rotatable bonds is 2. The predicted molar refractivity (Wildman–Crippen MR) is 140 cm³/mol. The molecule has 6 heteroatoms. The Hall–Kier alpha value is -3.64. The van der Waals surface area contributed by atoms with Crippen LogP contribution in [0, 0.1) is 5.82 Å². The maximum absolute atomic E-state index is 14.2. The van der Waals surface area contributed by atoms with Crippen LogP contribution in [0.5, 0.6) is 0 Å². The van der Waals surface area contributed by atoms with Gasteiger partial charge in [-0.25, -0.2) is 4.39 Å². The number of halogens is 1. The number of nitrogens with zero attached hydrogens (tertiary/aromatic N) is 3. The predicted octanol–water partition coefficient (Wildman–Crippen LogP) is 5.92. The van der Waals surface area contributed by atoms with Crippen LogP contribution in [0.2, 0.25) is 0 Å². The van der Waals surface area contributed by atoms with Crippen LogP contribution in [0.3, 0.4) is 0 Å². The van der Waals surface area contributed by atoms with Gasteiger partial charge in [-0.2, -0.15) is 4.99 Å². The third-order valence-corrected chi connectivity index (χ3v) is 7.49. The van der Waals surface area contributed by atoms with E-state index in [1.165, 1.54) is 17.8 Å². The Morgan fingerprint density at radius 3 is 2.06 bits per heavy atom. The number of carbonyl (C=O) groups is 1. The Kier molecular flexibility index (Phi) is 5.30. The van der Waals surface area contributed by atoms with Gasteiger partial charge in [-0.1, -0.05) is 60.7 Å². The first-order valence-electron chi connectivity index (χ1n) is 11.3. The lowest BCUT2D eigenvalue weighted by Gasteiger charge is -2.36. The van der Waals surface area contributed by atoms with Crippen LogP contribution >= 0.6 is 11.8 Å². The molecule has 168 valence electrons. The Labute approximate surface area is 201 Å². The van der Waals surface area contributed by atoms with Gasteiger partial charge in [0.25, 0.3) is 5.91 Å². The van der Waals surface area contributed by atoms with E-state index in [9.17, 15) is 9.18 Å². The molecule has 0 bridgehead atoms. The quantitative estimate of drug-likeness (QED) is 0.271. The topological polar surface area (TPSA) is 35.9 Å². The molecular weight excluding hydrogens is 445 g/mol. The number of aliphatic imine (C=N–C) groups is 1. The van der Waals surface area contributed by atoms with Crippen LogP contribution in [-0.4, -0.2) is 42.2 Å². The first kappa shape index (κ1) is 20.9. The summed E-state index contributed by atoms with van der Waals surface area (Å²) in [5.74, 6) is -0.403. The first-order valence-corrected chi connectivity index (χ1v) is 12.2. The summed E-state index contributed by atoms with van der Waals surface area (Å²) in [4.78, 5) is 22.0. The fourth-order valence-corrected chi connectivity index (χ4v) is 5.66. The number of hydrogen-bond acceptors (Lipinski definition) is 4. The molecule has 1 fully saturated rings. The summed E-state index contributed by atoms with van der Waals surface area (Å²) in [6.07, 6.45) is 1.99. The van der Waals surface area contributed by atoms with Crippen molar-refractivity contribution in [2.24, 2.45) is 4.99 Å². The molecule has 0 atom stereocenters. The number of hydrogen-bond donors (Lipinski definition) is 0.